The molecule has 0 N–H and O–H groups in total. The van der Waals surface area contributed by atoms with Gasteiger partial charge in [-0.15, -0.1) is 0 Å². The zero-order valence-corrected chi connectivity index (χ0v) is 15.1. The highest BCUT2D eigenvalue weighted by Crippen LogP contribution is 2.50. The van der Waals surface area contributed by atoms with Gasteiger partial charge in [0.15, 0.2) is 0 Å². The third-order valence-electron chi connectivity index (χ3n) is 6.66. The van der Waals surface area contributed by atoms with Crippen LogP contribution in [0.3, 0.4) is 0 Å². The van der Waals surface area contributed by atoms with Crippen LogP contribution in [0.15, 0.2) is 0 Å². The fraction of sp³-hybridized carbons (Fsp3) is 0.947. The van der Waals surface area contributed by atoms with E-state index >= 15 is 0 Å². The van der Waals surface area contributed by atoms with E-state index in [0.29, 0.717) is 5.92 Å². The maximum absolute atomic E-state index is 12.8. The SMILES string of the molecule is CC1CC2CCC(C)(OC(=O)C(C)(C)C(C)(C)C)C(C1)C2. The van der Waals surface area contributed by atoms with Crippen LogP contribution in [0, 0.1) is 28.6 Å². The van der Waals surface area contributed by atoms with Crippen molar-refractivity contribution in [2.75, 3.05) is 0 Å². The summed E-state index contributed by atoms with van der Waals surface area (Å²) in [6.07, 6.45) is 6.11. The van der Waals surface area contributed by atoms with Crippen LogP contribution in [0.2, 0.25) is 0 Å². The normalized spacial score (nSPS) is 37.2. The molecule has 2 bridgehead atoms. The number of hydrogen-bond acceptors (Lipinski definition) is 2. The van der Waals surface area contributed by atoms with Crippen LogP contribution in [0.25, 0.3) is 0 Å². The average Bonchev–Trinajstić information content (AvgIpc) is 2.33. The molecule has 0 aromatic rings. The van der Waals surface area contributed by atoms with E-state index in [9.17, 15) is 4.79 Å². The maximum Gasteiger partial charge on any atom is 0.312 e. The van der Waals surface area contributed by atoms with Gasteiger partial charge in [0.2, 0.25) is 0 Å². The summed E-state index contributed by atoms with van der Waals surface area (Å²) in [5, 5.41) is 0. The van der Waals surface area contributed by atoms with Crippen LogP contribution in [-0.2, 0) is 9.53 Å². The monoisotopic (exact) mass is 294 g/mol. The Kier molecular flexibility index (Phi) is 4.23. The van der Waals surface area contributed by atoms with Crippen LogP contribution < -0.4 is 0 Å². The molecule has 2 fully saturated rings. The molecule has 0 radical (unpaired) electrons. The molecule has 0 amide bonds. The van der Waals surface area contributed by atoms with Crippen LogP contribution >= 0.6 is 0 Å². The van der Waals surface area contributed by atoms with Gasteiger partial charge in [-0.05, 0) is 76.0 Å². The molecule has 4 unspecified atom stereocenters. The van der Waals surface area contributed by atoms with E-state index in [1.54, 1.807) is 0 Å². The zero-order chi connectivity index (χ0) is 16.1. The molecule has 2 saturated carbocycles. The van der Waals surface area contributed by atoms with Crippen molar-refractivity contribution in [1.29, 1.82) is 0 Å². The highest BCUT2D eigenvalue weighted by molar-refractivity contribution is 5.77. The van der Waals surface area contributed by atoms with E-state index in [4.69, 9.17) is 4.74 Å². The van der Waals surface area contributed by atoms with Crippen molar-refractivity contribution in [3.8, 4) is 0 Å². The van der Waals surface area contributed by atoms with Gasteiger partial charge in [0.1, 0.15) is 5.60 Å². The first-order chi connectivity index (χ1) is 9.46. The van der Waals surface area contributed by atoms with E-state index in [1.807, 2.05) is 13.8 Å². The standard InChI is InChI=1S/C19H34O2/c1-13-10-14-8-9-19(7,15(11-13)12-14)21-16(20)18(5,6)17(2,3)4/h13-15H,8-12H2,1-7H3. The summed E-state index contributed by atoms with van der Waals surface area (Å²) in [6, 6.07) is 0. The van der Waals surface area contributed by atoms with Gasteiger partial charge in [-0.1, -0.05) is 27.7 Å². The summed E-state index contributed by atoms with van der Waals surface area (Å²) < 4.78 is 6.17. The topological polar surface area (TPSA) is 26.3 Å². The lowest BCUT2D eigenvalue weighted by Gasteiger charge is -2.50. The molecular formula is C19H34O2. The summed E-state index contributed by atoms with van der Waals surface area (Å²) in [5.74, 6) is 2.18. The molecule has 2 rings (SSSR count). The molecular weight excluding hydrogens is 260 g/mol. The van der Waals surface area contributed by atoms with Crippen molar-refractivity contribution >= 4 is 5.97 Å². The Balaban J connectivity index is 2.12. The summed E-state index contributed by atoms with van der Waals surface area (Å²) in [6.45, 7) is 14.9. The Morgan fingerprint density at radius 2 is 1.71 bits per heavy atom. The largest absolute Gasteiger partial charge is 0.459 e. The van der Waals surface area contributed by atoms with E-state index in [2.05, 4.69) is 34.6 Å². The van der Waals surface area contributed by atoms with Gasteiger partial charge >= 0.3 is 5.97 Å². The fourth-order valence-corrected chi connectivity index (χ4v) is 3.95. The fourth-order valence-electron chi connectivity index (χ4n) is 3.95. The quantitative estimate of drug-likeness (QED) is 0.654. The smallest absolute Gasteiger partial charge is 0.312 e. The Labute approximate surface area is 131 Å². The van der Waals surface area contributed by atoms with Crippen molar-refractivity contribution in [3.05, 3.63) is 0 Å². The lowest BCUT2D eigenvalue weighted by Crippen LogP contribution is -2.50. The van der Waals surface area contributed by atoms with E-state index in [0.717, 1.165) is 18.3 Å². The number of fused-ring (bicyclic) bond motifs is 2. The van der Waals surface area contributed by atoms with Crippen LogP contribution in [0.1, 0.15) is 80.6 Å². The van der Waals surface area contributed by atoms with E-state index in [-0.39, 0.29) is 17.0 Å². The highest BCUT2D eigenvalue weighted by atomic mass is 16.6. The Morgan fingerprint density at radius 3 is 2.29 bits per heavy atom. The van der Waals surface area contributed by atoms with Crippen molar-refractivity contribution in [1.82, 2.24) is 0 Å². The first kappa shape index (κ1) is 16.8. The molecule has 0 aromatic carbocycles. The van der Waals surface area contributed by atoms with Gasteiger partial charge in [0.25, 0.3) is 0 Å². The van der Waals surface area contributed by atoms with Crippen LogP contribution in [0.4, 0.5) is 0 Å². The molecule has 0 spiro atoms. The van der Waals surface area contributed by atoms with Crippen molar-refractivity contribution in [2.24, 2.45) is 28.6 Å². The first-order valence-electron chi connectivity index (χ1n) is 8.69. The van der Waals surface area contributed by atoms with Crippen molar-refractivity contribution < 1.29 is 9.53 Å². The third kappa shape index (κ3) is 3.14. The van der Waals surface area contributed by atoms with Crippen LogP contribution in [-0.4, -0.2) is 11.6 Å². The number of carbonyl (C=O) groups is 1. The molecule has 122 valence electrons. The van der Waals surface area contributed by atoms with E-state index < -0.39 is 5.41 Å². The maximum atomic E-state index is 12.8. The molecule has 2 nitrogen and oxygen atoms in total. The molecule has 21 heavy (non-hydrogen) atoms. The molecule has 0 aliphatic heterocycles. The summed E-state index contributed by atoms with van der Waals surface area (Å²) >= 11 is 0. The molecule has 2 heteroatoms. The summed E-state index contributed by atoms with van der Waals surface area (Å²) in [5.41, 5.74) is -0.782. The molecule has 4 atom stereocenters. The van der Waals surface area contributed by atoms with Gasteiger partial charge < -0.3 is 4.74 Å². The molecule has 0 aromatic heterocycles. The average molecular weight is 294 g/mol. The van der Waals surface area contributed by atoms with Gasteiger partial charge in [-0.3, -0.25) is 4.79 Å². The van der Waals surface area contributed by atoms with E-state index in [1.165, 1.54) is 25.7 Å². The predicted octanol–water partition coefficient (Wildman–Crippen LogP) is 5.21. The zero-order valence-electron chi connectivity index (χ0n) is 15.1. The second-order valence-corrected chi connectivity index (χ2v) is 9.49. The molecule has 0 heterocycles. The molecule has 2 aliphatic carbocycles. The number of hydrogen-bond donors (Lipinski definition) is 0. The minimum atomic E-state index is -0.451. The van der Waals surface area contributed by atoms with Crippen molar-refractivity contribution in [2.45, 2.75) is 86.2 Å². The molecule has 2 aliphatic rings. The number of carbonyl (C=O) groups excluding carboxylic acids is 1. The Hall–Kier alpha value is -0.530. The first-order valence-corrected chi connectivity index (χ1v) is 8.69. The Bertz CT molecular complexity index is 402. The van der Waals surface area contributed by atoms with Crippen LogP contribution in [0.5, 0.6) is 0 Å². The Morgan fingerprint density at radius 1 is 1.10 bits per heavy atom. The van der Waals surface area contributed by atoms with Gasteiger partial charge in [0, 0.05) is 0 Å². The third-order valence-corrected chi connectivity index (χ3v) is 6.66. The number of ether oxygens (including phenoxy) is 1. The number of rotatable bonds is 2. The molecule has 0 saturated heterocycles. The minimum absolute atomic E-state index is 0.0193. The predicted molar refractivity (Wildman–Crippen MR) is 87.0 cm³/mol. The summed E-state index contributed by atoms with van der Waals surface area (Å²) in [7, 11) is 0. The summed E-state index contributed by atoms with van der Waals surface area (Å²) in [4.78, 5) is 12.8. The van der Waals surface area contributed by atoms with Gasteiger partial charge in [-0.25, -0.2) is 0 Å². The van der Waals surface area contributed by atoms with Gasteiger partial charge in [-0.2, -0.15) is 0 Å². The van der Waals surface area contributed by atoms with Crippen molar-refractivity contribution in [3.63, 3.8) is 0 Å². The lowest BCUT2D eigenvalue weighted by molar-refractivity contribution is -0.189. The van der Waals surface area contributed by atoms with Gasteiger partial charge in [0.05, 0.1) is 5.41 Å². The second kappa shape index (κ2) is 5.28. The highest BCUT2D eigenvalue weighted by Gasteiger charge is 2.49. The lowest BCUT2D eigenvalue weighted by atomic mass is 9.62. The number of esters is 1. The minimum Gasteiger partial charge on any atom is -0.459 e. The second-order valence-electron chi connectivity index (χ2n) is 9.49.